The predicted molar refractivity (Wildman–Crippen MR) is 62.0 cm³/mol. The Morgan fingerprint density at radius 1 is 1.33 bits per heavy atom. The van der Waals surface area contributed by atoms with Gasteiger partial charge in [-0.2, -0.15) is 0 Å². The van der Waals surface area contributed by atoms with Gasteiger partial charge in [-0.3, -0.25) is 0 Å². The summed E-state index contributed by atoms with van der Waals surface area (Å²) in [6.07, 6.45) is 0. The Hall–Kier alpha value is -1.09. The summed E-state index contributed by atoms with van der Waals surface area (Å²) in [5.74, 6) is 0.669. The summed E-state index contributed by atoms with van der Waals surface area (Å²) < 4.78 is 5.79. The third-order valence-corrected chi connectivity index (χ3v) is 2.04. The van der Waals surface area contributed by atoms with Gasteiger partial charge in [0.15, 0.2) is 0 Å². The molecular formula is C12H20N2O. The first kappa shape index (κ1) is 12.0. The molecule has 1 heterocycles. The van der Waals surface area contributed by atoms with E-state index in [0.717, 1.165) is 16.8 Å². The molecule has 1 rings (SSSR count). The highest BCUT2D eigenvalue weighted by Gasteiger charge is 2.16. The Morgan fingerprint density at radius 2 is 1.93 bits per heavy atom. The largest absolute Gasteiger partial charge is 0.472 e. The number of nitrogens with two attached hydrogens (primary N) is 1. The maximum absolute atomic E-state index is 5.79. The van der Waals surface area contributed by atoms with Gasteiger partial charge < -0.3 is 10.5 Å². The Kier molecular flexibility index (Phi) is 3.35. The van der Waals surface area contributed by atoms with Gasteiger partial charge in [-0.1, -0.05) is 0 Å². The van der Waals surface area contributed by atoms with Crippen LogP contribution in [0, 0.1) is 13.8 Å². The SMILES string of the molecule is Cc1cc(C)c(CN)c(OC(C)(C)C)n1. The molecule has 0 bridgehead atoms. The van der Waals surface area contributed by atoms with E-state index in [9.17, 15) is 0 Å². The van der Waals surface area contributed by atoms with Gasteiger partial charge in [-0.15, -0.1) is 0 Å². The fraction of sp³-hybridized carbons (Fsp3) is 0.583. The molecule has 0 atom stereocenters. The van der Waals surface area contributed by atoms with Crippen molar-refractivity contribution in [3.05, 3.63) is 22.9 Å². The highest BCUT2D eigenvalue weighted by Crippen LogP contribution is 2.24. The lowest BCUT2D eigenvalue weighted by Gasteiger charge is -2.23. The Bertz CT molecular complexity index is 353. The molecule has 0 aromatic carbocycles. The standard InChI is InChI=1S/C12H20N2O/c1-8-6-9(2)14-11(10(8)7-13)15-12(3,4)5/h6H,7,13H2,1-5H3. The van der Waals surface area contributed by atoms with Crippen molar-refractivity contribution in [1.82, 2.24) is 4.98 Å². The first-order valence-electron chi connectivity index (χ1n) is 5.19. The van der Waals surface area contributed by atoms with Crippen molar-refractivity contribution in [2.75, 3.05) is 0 Å². The molecule has 1 aromatic rings. The molecule has 0 radical (unpaired) electrons. The number of ether oxygens (including phenoxy) is 1. The van der Waals surface area contributed by atoms with Crippen molar-refractivity contribution in [2.45, 2.75) is 46.8 Å². The summed E-state index contributed by atoms with van der Waals surface area (Å²) in [6.45, 7) is 10.5. The Morgan fingerprint density at radius 3 is 2.40 bits per heavy atom. The van der Waals surface area contributed by atoms with Gasteiger partial charge >= 0.3 is 0 Å². The van der Waals surface area contributed by atoms with Crippen molar-refractivity contribution in [3.63, 3.8) is 0 Å². The van der Waals surface area contributed by atoms with Gasteiger partial charge in [-0.25, -0.2) is 4.98 Å². The summed E-state index contributed by atoms with van der Waals surface area (Å²) in [5.41, 5.74) is 8.56. The van der Waals surface area contributed by atoms with E-state index >= 15 is 0 Å². The van der Waals surface area contributed by atoms with Gasteiger partial charge in [0.25, 0.3) is 0 Å². The number of hydrogen-bond donors (Lipinski definition) is 1. The van der Waals surface area contributed by atoms with Crippen LogP contribution in [-0.2, 0) is 6.54 Å². The second-order valence-corrected chi connectivity index (χ2v) is 4.78. The van der Waals surface area contributed by atoms with Crippen molar-refractivity contribution in [2.24, 2.45) is 5.73 Å². The van der Waals surface area contributed by atoms with Crippen LogP contribution in [0.3, 0.4) is 0 Å². The minimum Gasteiger partial charge on any atom is -0.472 e. The minimum absolute atomic E-state index is 0.239. The second kappa shape index (κ2) is 4.19. The van der Waals surface area contributed by atoms with Crippen molar-refractivity contribution in [1.29, 1.82) is 0 Å². The molecule has 0 aliphatic carbocycles. The van der Waals surface area contributed by atoms with Crippen molar-refractivity contribution in [3.8, 4) is 5.88 Å². The monoisotopic (exact) mass is 208 g/mol. The van der Waals surface area contributed by atoms with Crippen LogP contribution in [0.4, 0.5) is 0 Å². The zero-order chi connectivity index (χ0) is 11.6. The number of nitrogens with zero attached hydrogens (tertiary/aromatic N) is 1. The van der Waals surface area contributed by atoms with Gasteiger partial charge in [0.05, 0.1) is 0 Å². The van der Waals surface area contributed by atoms with Crippen LogP contribution in [0.25, 0.3) is 0 Å². The molecule has 0 amide bonds. The van der Waals surface area contributed by atoms with E-state index in [2.05, 4.69) is 4.98 Å². The van der Waals surface area contributed by atoms with Crippen molar-refractivity contribution >= 4 is 0 Å². The van der Waals surface area contributed by atoms with E-state index in [1.807, 2.05) is 40.7 Å². The second-order valence-electron chi connectivity index (χ2n) is 4.78. The number of pyridine rings is 1. The molecule has 0 fully saturated rings. The lowest BCUT2D eigenvalue weighted by molar-refractivity contribution is 0.122. The normalized spacial score (nSPS) is 11.6. The van der Waals surface area contributed by atoms with Crippen LogP contribution in [0.1, 0.15) is 37.6 Å². The summed E-state index contributed by atoms with van der Waals surface area (Å²) >= 11 is 0. The number of aromatic nitrogens is 1. The molecule has 3 heteroatoms. The van der Waals surface area contributed by atoms with Crippen LogP contribution < -0.4 is 10.5 Å². The maximum Gasteiger partial charge on any atom is 0.218 e. The van der Waals surface area contributed by atoms with Gasteiger partial charge in [0.2, 0.25) is 5.88 Å². The maximum atomic E-state index is 5.79. The molecule has 0 aliphatic rings. The van der Waals surface area contributed by atoms with Crippen molar-refractivity contribution < 1.29 is 4.74 Å². The topological polar surface area (TPSA) is 48.1 Å². The molecule has 0 unspecified atom stereocenters. The van der Waals surface area contributed by atoms with Gasteiger partial charge in [-0.05, 0) is 46.2 Å². The highest BCUT2D eigenvalue weighted by atomic mass is 16.5. The predicted octanol–water partition coefficient (Wildman–Crippen LogP) is 2.33. The lowest BCUT2D eigenvalue weighted by atomic mass is 10.1. The molecule has 84 valence electrons. The van der Waals surface area contributed by atoms with Crippen LogP contribution >= 0.6 is 0 Å². The van der Waals surface area contributed by atoms with Gasteiger partial charge in [0, 0.05) is 17.8 Å². The average molecular weight is 208 g/mol. The van der Waals surface area contributed by atoms with E-state index < -0.39 is 0 Å². The summed E-state index contributed by atoms with van der Waals surface area (Å²) in [5, 5.41) is 0. The third kappa shape index (κ3) is 3.20. The molecule has 15 heavy (non-hydrogen) atoms. The van der Waals surface area contributed by atoms with Crippen LogP contribution in [0.15, 0.2) is 6.07 Å². The third-order valence-electron chi connectivity index (χ3n) is 2.04. The van der Waals surface area contributed by atoms with E-state index in [4.69, 9.17) is 10.5 Å². The van der Waals surface area contributed by atoms with Crippen LogP contribution in [0.5, 0.6) is 5.88 Å². The molecule has 0 aliphatic heterocycles. The van der Waals surface area contributed by atoms with E-state index in [-0.39, 0.29) is 5.60 Å². The first-order chi connectivity index (χ1) is 6.83. The summed E-state index contributed by atoms with van der Waals surface area (Å²) in [4.78, 5) is 4.39. The first-order valence-corrected chi connectivity index (χ1v) is 5.19. The van der Waals surface area contributed by atoms with E-state index in [0.29, 0.717) is 12.4 Å². The zero-order valence-corrected chi connectivity index (χ0v) is 10.2. The number of hydrogen-bond acceptors (Lipinski definition) is 3. The van der Waals surface area contributed by atoms with Crippen LogP contribution in [-0.4, -0.2) is 10.6 Å². The van der Waals surface area contributed by atoms with Gasteiger partial charge in [0.1, 0.15) is 5.60 Å². The molecule has 0 spiro atoms. The number of rotatable bonds is 2. The zero-order valence-electron chi connectivity index (χ0n) is 10.2. The molecule has 3 nitrogen and oxygen atoms in total. The molecule has 2 N–H and O–H groups in total. The fourth-order valence-corrected chi connectivity index (χ4v) is 1.45. The quantitative estimate of drug-likeness (QED) is 0.811. The van der Waals surface area contributed by atoms with E-state index in [1.54, 1.807) is 0 Å². The molecule has 0 saturated heterocycles. The highest BCUT2D eigenvalue weighted by molar-refractivity contribution is 5.36. The lowest BCUT2D eigenvalue weighted by Crippen LogP contribution is -2.25. The average Bonchev–Trinajstić information content (AvgIpc) is 1.99. The molecular weight excluding hydrogens is 188 g/mol. The van der Waals surface area contributed by atoms with E-state index in [1.165, 1.54) is 0 Å². The summed E-state index contributed by atoms with van der Waals surface area (Å²) in [7, 11) is 0. The smallest absolute Gasteiger partial charge is 0.218 e. The minimum atomic E-state index is -0.239. The Balaban J connectivity index is 3.15. The Labute approximate surface area is 91.7 Å². The van der Waals surface area contributed by atoms with Crippen LogP contribution in [0.2, 0.25) is 0 Å². The fourth-order valence-electron chi connectivity index (χ4n) is 1.45. The molecule has 0 saturated carbocycles. The number of aryl methyl sites for hydroxylation is 2. The molecule has 1 aromatic heterocycles. The summed E-state index contributed by atoms with van der Waals surface area (Å²) in [6, 6.07) is 2.03.